The van der Waals surface area contributed by atoms with E-state index in [0.717, 1.165) is 22.3 Å². The second-order valence-electron chi connectivity index (χ2n) is 3.96. The molecule has 0 heterocycles. The number of nitrogens with one attached hydrogen (secondary N) is 1. The molecule has 0 amide bonds. The van der Waals surface area contributed by atoms with Crippen LogP contribution in [0.4, 0.5) is 0 Å². The van der Waals surface area contributed by atoms with E-state index in [1.54, 1.807) is 6.07 Å². The van der Waals surface area contributed by atoms with E-state index < -0.39 is 0 Å². The van der Waals surface area contributed by atoms with Crippen molar-refractivity contribution in [2.45, 2.75) is 13.5 Å². The molecule has 1 atom stereocenters. The van der Waals surface area contributed by atoms with Crippen LogP contribution in [0, 0.1) is 5.92 Å². The van der Waals surface area contributed by atoms with Crippen molar-refractivity contribution in [2.75, 3.05) is 18.6 Å². The first-order chi connectivity index (χ1) is 7.63. The number of benzene rings is 1. The van der Waals surface area contributed by atoms with E-state index in [1.807, 2.05) is 23.9 Å². The van der Waals surface area contributed by atoms with Crippen molar-refractivity contribution in [3.63, 3.8) is 0 Å². The first-order valence-electron chi connectivity index (χ1n) is 5.30. The van der Waals surface area contributed by atoms with Gasteiger partial charge in [-0.1, -0.05) is 22.9 Å². The van der Waals surface area contributed by atoms with Crippen molar-refractivity contribution in [1.29, 1.82) is 0 Å². The van der Waals surface area contributed by atoms with Crippen LogP contribution in [-0.2, 0) is 6.54 Å². The number of thioether (sulfide) groups is 1. The van der Waals surface area contributed by atoms with Gasteiger partial charge in [0.05, 0.1) is 0 Å². The summed E-state index contributed by atoms with van der Waals surface area (Å²) in [5.41, 5.74) is 0.936. The fourth-order valence-electron chi connectivity index (χ4n) is 1.49. The Labute approximate surface area is 110 Å². The summed E-state index contributed by atoms with van der Waals surface area (Å²) in [5.74, 6) is 2.18. The highest BCUT2D eigenvalue weighted by molar-refractivity contribution is 9.10. The number of phenols is 1. The van der Waals surface area contributed by atoms with Crippen LogP contribution in [0.3, 0.4) is 0 Å². The molecule has 0 fully saturated rings. The standard InChI is InChI=1S/C12H18BrNOS/c1-9(8-16-2)6-14-7-10-5-11(13)3-4-12(10)15/h3-5,9,14-15H,6-8H2,1-2H3. The fourth-order valence-corrected chi connectivity index (χ4v) is 2.59. The molecule has 1 aromatic carbocycles. The van der Waals surface area contributed by atoms with Gasteiger partial charge in [-0.3, -0.25) is 0 Å². The Balaban J connectivity index is 2.39. The van der Waals surface area contributed by atoms with E-state index in [1.165, 1.54) is 0 Å². The zero-order chi connectivity index (χ0) is 12.0. The van der Waals surface area contributed by atoms with Crippen LogP contribution in [-0.4, -0.2) is 23.7 Å². The summed E-state index contributed by atoms with van der Waals surface area (Å²) in [7, 11) is 0. The maximum absolute atomic E-state index is 9.64. The first kappa shape index (κ1) is 13.9. The van der Waals surface area contributed by atoms with E-state index in [9.17, 15) is 5.11 Å². The molecule has 0 saturated heterocycles. The lowest BCUT2D eigenvalue weighted by Gasteiger charge is -2.12. The van der Waals surface area contributed by atoms with Crippen LogP contribution < -0.4 is 5.32 Å². The van der Waals surface area contributed by atoms with Gasteiger partial charge in [0.1, 0.15) is 5.75 Å². The monoisotopic (exact) mass is 303 g/mol. The minimum absolute atomic E-state index is 0.355. The van der Waals surface area contributed by atoms with E-state index in [-0.39, 0.29) is 0 Å². The average Bonchev–Trinajstić information content (AvgIpc) is 2.23. The van der Waals surface area contributed by atoms with Crippen molar-refractivity contribution in [2.24, 2.45) is 5.92 Å². The molecule has 0 radical (unpaired) electrons. The highest BCUT2D eigenvalue weighted by Crippen LogP contribution is 2.21. The molecule has 1 rings (SSSR count). The third-order valence-electron chi connectivity index (χ3n) is 2.30. The predicted octanol–water partition coefficient (Wildman–Crippen LogP) is 3.24. The molecular formula is C12H18BrNOS. The molecule has 0 bridgehead atoms. The second-order valence-corrected chi connectivity index (χ2v) is 5.79. The SMILES string of the molecule is CSCC(C)CNCc1cc(Br)ccc1O. The van der Waals surface area contributed by atoms with Crippen LogP contribution in [0.2, 0.25) is 0 Å². The fraction of sp³-hybridized carbons (Fsp3) is 0.500. The smallest absolute Gasteiger partial charge is 0.120 e. The summed E-state index contributed by atoms with van der Waals surface area (Å²) in [4.78, 5) is 0. The normalized spacial score (nSPS) is 12.7. The van der Waals surface area contributed by atoms with Gasteiger partial charge < -0.3 is 10.4 Å². The summed E-state index contributed by atoms with van der Waals surface area (Å²) in [6.45, 7) is 3.92. The van der Waals surface area contributed by atoms with Gasteiger partial charge in [0.15, 0.2) is 0 Å². The summed E-state index contributed by atoms with van der Waals surface area (Å²) < 4.78 is 0.999. The zero-order valence-electron chi connectivity index (χ0n) is 9.66. The average molecular weight is 304 g/mol. The van der Waals surface area contributed by atoms with Gasteiger partial charge in [-0.2, -0.15) is 11.8 Å². The molecule has 1 aromatic rings. The maximum Gasteiger partial charge on any atom is 0.120 e. The Morgan fingerprint density at radius 3 is 2.94 bits per heavy atom. The molecule has 4 heteroatoms. The number of hydrogen-bond donors (Lipinski definition) is 2. The molecule has 0 spiro atoms. The van der Waals surface area contributed by atoms with E-state index >= 15 is 0 Å². The number of phenolic OH excluding ortho intramolecular Hbond substituents is 1. The van der Waals surface area contributed by atoms with Gasteiger partial charge >= 0.3 is 0 Å². The highest BCUT2D eigenvalue weighted by atomic mass is 79.9. The zero-order valence-corrected chi connectivity index (χ0v) is 12.1. The minimum Gasteiger partial charge on any atom is -0.508 e. The Hall–Kier alpha value is -0.190. The van der Waals surface area contributed by atoms with Crippen molar-refractivity contribution in [3.05, 3.63) is 28.2 Å². The number of rotatable bonds is 6. The van der Waals surface area contributed by atoms with E-state index in [0.29, 0.717) is 18.2 Å². The quantitative estimate of drug-likeness (QED) is 0.846. The second kappa shape index (κ2) is 7.20. The summed E-state index contributed by atoms with van der Waals surface area (Å²) >= 11 is 5.26. The van der Waals surface area contributed by atoms with Gasteiger partial charge in [-0.25, -0.2) is 0 Å². The van der Waals surface area contributed by atoms with E-state index in [4.69, 9.17) is 0 Å². The molecule has 90 valence electrons. The molecule has 16 heavy (non-hydrogen) atoms. The number of aromatic hydroxyl groups is 1. The maximum atomic E-state index is 9.64. The Kier molecular flexibility index (Phi) is 6.24. The molecule has 0 aromatic heterocycles. The van der Waals surface area contributed by atoms with Crippen molar-refractivity contribution >= 4 is 27.7 Å². The van der Waals surface area contributed by atoms with Crippen LogP contribution >= 0.6 is 27.7 Å². The first-order valence-corrected chi connectivity index (χ1v) is 7.49. The lowest BCUT2D eigenvalue weighted by molar-refractivity contribution is 0.461. The van der Waals surface area contributed by atoms with E-state index in [2.05, 4.69) is 34.4 Å². The predicted molar refractivity (Wildman–Crippen MR) is 75.1 cm³/mol. The van der Waals surface area contributed by atoms with Crippen molar-refractivity contribution in [3.8, 4) is 5.75 Å². The molecule has 1 unspecified atom stereocenters. The summed E-state index contributed by atoms with van der Waals surface area (Å²) in [6.07, 6.45) is 2.12. The molecule has 0 aliphatic rings. The van der Waals surface area contributed by atoms with Crippen LogP contribution in [0.25, 0.3) is 0 Å². The minimum atomic E-state index is 0.355. The van der Waals surface area contributed by atoms with Gasteiger partial charge in [-0.15, -0.1) is 0 Å². The number of halogens is 1. The topological polar surface area (TPSA) is 32.3 Å². The van der Waals surface area contributed by atoms with Gasteiger partial charge in [0.2, 0.25) is 0 Å². The van der Waals surface area contributed by atoms with Crippen LogP contribution in [0.15, 0.2) is 22.7 Å². The Morgan fingerprint density at radius 1 is 1.50 bits per heavy atom. The lowest BCUT2D eigenvalue weighted by Crippen LogP contribution is -2.22. The van der Waals surface area contributed by atoms with Crippen LogP contribution in [0.5, 0.6) is 5.75 Å². The molecule has 2 N–H and O–H groups in total. The lowest BCUT2D eigenvalue weighted by atomic mass is 10.2. The Morgan fingerprint density at radius 2 is 2.25 bits per heavy atom. The molecular weight excluding hydrogens is 286 g/mol. The molecule has 0 aliphatic heterocycles. The summed E-state index contributed by atoms with van der Waals surface area (Å²) in [6, 6.07) is 5.50. The Bertz CT molecular complexity index is 333. The number of hydrogen-bond acceptors (Lipinski definition) is 3. The summed E-state index contributed by atoms with van der Waals surface area (Å²) in [5, 5.41) is 13.0. The van der Waals surface area contributed by atoms with Crippen molar-refractivity contribution in [1.82, 2.24) is 5.32 Å². The molecule has 2 nitrogen and oxygen atoms in total. The van der Waals surface area contributed by atoms with Gasteiger partial charge in [-0.05, 0) is 42.7 Å². The van der Waals surface area contributed by atoms with Gasteiger partial charge in [0.25, 0.3) is 0 Å². The molecule has 0 aliphatic carbocycles. The van der Waals surface area contributed by atoms with Gasteiger partial charge in [0, 0.05) is 16.6 Å². The largest absolute Gasteiger partial charge is 0.508 e. The molecule has 0 saturated carbocycles. The third kappa shape index (κ3) is 4.76. The van der Waals surface area contributed by atoms with Crippen LogP contribution in [0.1, 0.15) is 12.5 Å². The third-order valence-corrected chi connectivity index (χ3v) is 3.70. The highest BCUT2D eigenvalue weighted by Gasteiger charge is 2.03. The van der Waals surface area contributed by atoms with Crippen molar-refractivity contribution < 1.29 is 5.11 Å².